The molecule has 0 atom stereocenters. The Morgan fingerprint density at radius 3 is 2.76 bits per heavy atom. The van der Waals surface area contributed by atoms with Gasteiger partial charge in [0.05, 0.1) is 11.0 Å². The maximum Gasteiger partial charge on any atom is 0.262 e. The number of rotatable bonds is 6. The predicted octanol–water partition coefficient (Wildman–Crippen LogP) is 2.57. The van der Waals surface area contributed by atoms with Crippen LogP contribution in [0.4, 0.5) is 0 Å². The monoisotopic (exact) mass is 450 g/mol. The van der Waals surface area contributed by atoms with Gasteiger partial charge in [-0.05, 0) is 30.5 Å². The third kappa shape index (κ3) is 4.07. The molecule has 1 fully saturated rings. The zero-order valence-corrected chi connectivity index (χ0v) is 18.4. The summed E-state index contributed by atoms with van der Waals surface area (Å²) in [6.45, 7) is 3.85. The third-order valence-corrected chi connectivity index (χ3v) is 8.82. The van der Waals surface area contributed by atoms with Crippen molar-refractivity contribution in [2.45, 2.75) is 18.4 Å². The molecule has 0 radical (unpaired) electrons. The van der Waals surface area contributed by atoms with Gasteiger partial charge >= 0.3 is 0 Å². The quantitative estimate of drug-likeness (QED) is 0.624. The number of sulfonamides is 1. The number of thiophene rings is 1. The molecule has 3 heterocycles. The van der Waals surface area contributed by atoms with E-state index in [4.69, 9.17) is 0 Å². The van der Waals surface area contributed by atoms with Crippen LogP contribution in [0.25, 0.3) is 11.0 Å². The van der Waals surface area contributed by atoms with Crippen molar-refractivity contribution < 1.29 is 13.2 Å². The van der Waals surface area contributed by atoms with Gasteiger partial charge in [0.1, 0.15) is 15.6 Å². The van der Waals surface area contributed by atoms with Crippen molar-refractivity contribution in [2.75, 3.05) is 31.1 Å². The largest absolute Gasteiger partial charge is 0.350 e. The lowest BCUT2D eigenvalue weighted by Gasteiger charge is -2.25. The van der Waals surface area contributed by atoms with E-state index in [-0.39, 0.29) is 15.7 Å². The van der Waals surface area contributed by atoms with Crippen molar-refractivity contribution in [1.82, 2.24) is 19.2 Å². The van der Waals surface area contributed by atoms with E-state index in [1.165, 1.54) is 10.4 Å². The van der Waals surface area contributed by atoms with E-state index in [9.17, 15) is 13.2 Å². The highest BCUT2D eigenvalue weighted by molar-refractivity contribution is 7.99. The summed E-state index contributed by atoms with van der Waals surface area (Å²) in [5, 5.41) is 4.53. The number of imidazole rings is 1. The van der Waals surface area contributed by atoms with Crippen molar-refractivity contribution >= 4 is 50.1 Å². The fourth-order valence-corrected chi connectivity index (χ4v) is 7.32. The Morgan fingerprint density at radius 1 is 1.21 bits per heavy atom. The minimum Gasteiger partial charge on any atom is -0.350 e. The second-order valence-corrected chi connectivity index (χ2v) is 10.7. The fourth-order valence-electron chi connectivity index (χ4n) is 3.43. The summed E-state index contributed by atoms with van der Waals surface area (Å²) in [5.41, 5.74) is 1.93. The molecular weight excluding hydrogens is 428 g/mol. The second-order valence-electron chi connectivity index (χ2n) is 6.69. The minimum absolute atomic E-state index is 0.108. The van der Waals surface area contributed by atoms with Crippen LogP contribution in [0.3, 0.4) is 0 Å². The molecule has 0 saturated carbocycles. The van der Waals surface area contributed by atoms with Crippen LogP contribution in [0, 0.1) is 6.92 Å². The van der Waals surface area contributed by atoms with Crippen molar-refractivity contribution in [3.8, 4) is 0 Å². The molecule has 4 rings (SSSR count). The number of aromatic nitrogens is 2. The molecule has 1 aromatic carbocycles. The van der Waals surface area contributed by atoms with E-state index in [0.29, 0.717) is 26.2 Å². The highest BCUT2D eigenvalue weighted by atomic mass is 32.2. The summed E-state index contributed by atoms with van der Waals surface area (Å²) in [5.74, 6) is 2.08. The second kappa shape index (κ2) is 8.47. The minimum atomic E-state index is -3.64. The molecule has 2 aromatic heterocycles. The standard InChI is InChI=1S/C19H22N4O3S3/c1-14-21-15-4-2-3-5-16(15)23(14)8-7-20-19(24)18-17(6-11-28-18)29(25,26)22-9-12-27-13-10-22/h2-6,11H,7-10,12-13H2,1H3,(H,20,24). The van der Waals surface area contributed by atoms with Crippen LogP contribution in [-0.4, -0.2) is 59.3 Å². The summed E-state index contributed by atoms with van der Waals surface area (Å²) >= 11 is 2.90. The van der Waals surface area contributed by atoms with Gasteiger partial charge in [0.25, 0.3) is 5.91 Å². The third-order valence-electron chi connectivity index (χ3n) is 4.89. The van der Waals surface area contributed by atoms with Crippen LogP contribution in [-0.2, 0) is 16.6 Å². The molecule has 7 nitrogen and oxygen atoms in total. The van der Waals surface area contributed by atoms with Gasteiger partial charge in [-0.2, -0.15) is 16.1 Å². The van der Waals surface area contributed by atoms with E-state index in [1.807, 2.05) is 35.8 Å². The SMILES string of the molecule is Cc1nc2ccccc2n1CCNC(=O)c1sccc1S(=O)(=O)N1CCSCC1. The number of hydrogen-bond donors (Lipinski definition) is 1. The average Bonchev–Trinajstić information content (AvgIpc) is 3.34. The van der Waals surface area contributed by atoms with Gasteiger partial charge in [-0.25, -0.2) is 13.4 Å². The lowest BCUT2D eigenvalue weighted by Crippen LogP contribution is -2.38. The first kappa shape index (κ1) is 20.4. The number of aryl methyl sites for hydroxylation is 1. The Hall–Kier alpha value is -1.88. The number of hydrogen-bond acceptors (Lipinski definition) is 6. The predicted molar refractivity (Wildman–Crippen MR) is 117 cm³/mol. The smallest absolute Gasteiger partial charge is 0.262 e. The average molecular weight is 451 g/mol. The molecule has 1 saturated heterocycles. The van der Waals surface area contributed by atoms with Gasteiger partial charge < -0.3 is 9.88 Å². The molecule has 1 aliphatic heterocycles. The van der Waals surface area contributed by atoms with E-state index in [1.54, 1.807) is 17.1 Å². The summed E-state index contributed by atoms with van der Waals surface area (Å²) in [6.07, 6.45) is 0. The van der Waals surface area contributed by atoms with E-state index >= 15 is 0 Å². The van der Waals surface area contributed by atoms with E-state index in [0.717, 1.165) is 39.7 Å². The lowest BCUT2D eigenvalue weighted by atomic mass is 10.3. The van der Waals surface area contributed by atoms with Crippen molar-refractivity contribution in [3.05, 3.63) is 46.4 Å². The molecule has 0 unspecified atom stereocenters. The van der Waals surface area contributed by atoms with Crippen LogP contribution < -0.4 is 5.32 Å². The zero-order chi connectivity index (χ0) is 20.4. The Kier molecular flexibility index (Phi) is 5.95. The van der Waals surface area contributed by atoms with E-state index < -0.39 is 10.0 Å². The first-order valence-corrected chi connectivity index (χ1v) is 12.8. The van der Waals surface area contributed by atoms with Gasteiger partial charge in [0, 0.05) is 37.7 Å². The molecule has 154 valence electrons. The van der Waals surface area contributed by atoms with Crippen LogP contribution in [0.15, 0.2) is 40.6 Å². The van der Waals surface area contributed by atoms with E-state index in [2.05, 4.69) is 10.3 Å². The molecule has 0 aliphatic carbocycles. The Balaban J connectivity index is 1.46. The van der Waals surface area contributed by atoms with Crippen LogP contribution in [0.2, 0.25) is 0 Å². The van der Waals surface area contributed by atoms with Gasteiger partial charge in [0.2, 0.25) is 10.0 Å². The number of nitrogens with zero attached hydrogens (tertiary/aromatic N) is 3. The molecule has 0 bridgehead atoms. The Labute approximate surface area is 178 Å². The molecular formula is C19H22N4O3S3. The Morgan fingerprint density at radius 2 is 1.97 bits per heavy atom. The van der Waals surface area contributed by atoms with Gasteiger partial charge in [-0.1, -0.05) is 12.1 Å². The maximum atomic E-state index is 13.0. The summed E-state index contributed by atoms with van der Waals surface area (Å²) in [4.78, 5) is 17.6. The first-order chi connectivity index (χ1) is 14.0. The lowest BCUT2D eigenvalue weighted by molar-refractivity contribution is 0.0953. The number of para-hydroxylation sites is 2. The topological polar surface area (TPSA) is 84.3 Å². The van der Waals surface area contributed by atoms with Gasteiger partial charge in [-0.15, -0.1) is 11.3 Å². The zero-order valence-electron chi connectivity index (χ0n) is 16.0. The highest BCUT2D eigenvalue weighted by Crippen LogP contribution is 2.27. The summed E-state index contributed by atoms with van der Waals surface area (Å²) in [7, 11) is -3.64. The number of carbonyl (C=O) groups is 1. The van der Waals surface area contributed by atoms with Crippen molar-refractivity contribution in [2.24, 2.45) is 0 Å². The molecule has 1 amide bonds. The summed E-state index contributed by atoms with van der Waals surface area (Å²) in [6, 6.07) is 9.39. The van der Waals surface area contributed by atoms with Crippen LogP contribution in [0.5, 0.6) is 0 Å². The molecule has 3 aromatic rings. The van der Waals surface area contributed by atoms with Crippen molar-refractivity contribution in [3.63, 3.8) is 0 Å². The molecule has 29 heavy (non-hydrogen) atoms. The highest BCUT2D eigenvalue weighted by Gasteiger charge is 2.31. The van der Waals surface area contributed by atoms with Gasteiger partial charge in [-0.3, -0.25) is 4.79 Å². The molecule has 1 N–H and O–H groups in total. The number of benzene rings is 1. The van der Waals surface area contributed by atoms with Crippen LogP contribution >= 0.6 is 23.1 Å². The number of nitrogens with one attached hydrogen (secondary N) is 1. The number of carbonyl (C=O) groups excluding carboxylic acids is 1. The first-order valence-electron chi connectivity index (χ1n) is 9.34. The normalized spacial score (nSPS) is 15.6. The molecule has 1 aliphatic rings. The number of fused-ring (bicyclic) bond motifs is 1. The number of amides is 1. The fraction of sp³-hybridized carbons (Fsp3) is 0.368. The summed E-state index contributed by atoms with van der Waals surface area (Å²) < 4.78 is 29.4. The van der Waals surface area contributed by atoms with Crippen molar-refractivity contribution in [1.29, 1.82) is 0 Å². The molecule has 10 heteroatoms. The van der Waals surface area contributed by atoms with Gasteiger partial charge in [0.15, 0.2) is 0 Å². The Bertz CT molecular complexity index is 1130. The van der Waals surface area contributed by atoms with Crippen LogP contribution in [0.1, 0.15) is 15.5 Å². The number of thioether (sulfide) groups is 1. The molecule has 0 spiro atoms. The maximum absolute atomic E-state index is 13.0.